The molecule has 2 amide bonds. The number of carbonyl (C=O) groups excluding carboxylic acids is 1. The molecular weight excluding hydrogens is 330 g/mol. The summed E-state index contributed by atoms with van der Waals surface area (Å²) in [7, 11) is 0. The first-order valence-electron chi connectivity index (χ1n) is 8.30. The van der Waals surface area contributed by atoms with Gasteiger partial charge < -0.3 is 15.4 Å². The van der Waals surface area contributed by atoms with Gasteiger partial charge in [-0.15, -0.1) is 0 Å². The molecule has 2 aliphatic heterocycles. The summed E-state index contributed by atoms with van der Waals surface area (Å²) in [6.45, 7) is 5.02. The number of halogens is 1. The summed E-state index contributed by atoms with van der Waals surface area (Å²) in [5.41, 5.74) is 7.02. The maximum Gasteiger partial charge on any atom is 0.315 e. The van der Waals surface area contributed by atoms with Gasteiger partial charge in [0.2, 0.25) is 0 Å². The molecule has 1 aromatic rings. The topological polar surface area (TPSA) is 77.7 Å². The maximum atomic E-state index is 12.1. The zero-order valence-electron chi connectivity index (χ0n) is 13.6. The molecule has 24 heavy (non-hydrogen) atoms. The van der Waals surface area contributed by atoms with Crippen molar-refractivity contribution in [2.24, 2.45) is 0 Å². The van der Waals surface area contributed by atoms with Crippen molar-refractivity contribution in [3.63, 3.8) is 0 Å². The highest BCUT2D eigenvalue weighted by molar-refractivity contribution is 6.31. The fourth-order valence-corrected chi connectivity index (χ4v) is 3.32. The summed E-state index contributed by atoms with van der Waals surface area (Å²) in [6, 6.07) is 7.79. The van der Waals surface area contributed by atoms with Crippen LogP contribution in [0.2, 0.25) is 5.02 Å². The fraction of sp³-hybridized carbons (Fsp3) is 0.562. The van der Waals surface area contributed by atoms with E-state index in [1.54, 1.807) is 0 Å². The van der Waals surface area contributed by atoms with Gasteiger partial charge in [0.05, 0.1) is 25.3 Å². The van der Waals surface area contributed by atoms with Crippen LogP contribution in [-0.4, -0.2) is 62.9 Å². The second kappa shape index (κ2) is 8.64. The zero-order chi connectivity index (χ0) is 16.8. The zero-order valence-corrected chi connectivity index (χ0v) is 14.3. The molecule has 7 nitrogen and oxygen atoms in total. The van der Waals surface area contributed by atoms with Crippen LogP contribution < -0.4 is 21.5 Å². The highest BCUT2D eigenvalue weighted by Gasteiger charge is 2.25. The predicted octanol–water partition coefficient (Wildman–Crippen LogP) is 0.489. The van der Waals surface area contributed by atoms with Gasteiger partial charge in [0.1, 0.15) is 0 Å². The van der Waals surface area contributed by atoms with Crippen molar-refractivity contribution in [1.29, 1.82) is 0 Å². The van der Waals surface area contributed by atoms with Gasteiger partial charge in [0.15, 0.2) is 0 Å². The van der Waals surface area contributed by atoms with Crippen molar-refractivity contribution in [2.45, 2.75) is 12.1 Å². The molecule has 2 saturated heterocycles. The Hall–Kier alpha value is -1.38. The maximum absolute atomic E-state index is 12.1. The molecule has 2 heterocycles. The van der Waals surface area contributed by atoms with Crippen LogP contribution in [0.4, 0.5) is 4.79 Å². The molecule has 8 heteroatoms. The number of nitrogens with one attached hydrogen (secondary N) is 4. The SMILES string of the molecule is O=C(NCC(c1ccccc1Cl)N1CCOCC1)NC1CNNC1. The van der Waals surface area contributed by atoms with Gasteiger partial charge in [0.25, 0.3) is 0 Å². The van der Waals surface area contributed by atoms with Crippen molar-refractivity contribution in [3.8, 4) is 0 Å². The first kappa shape index (κ1) is 17.4. The number of hydrazine groups is 1. The summed E-state index contributed by atoms with van der Waals surface area (Å²) in [4.78, 5) is 14.5. The van der Waals surface area contributed by atoms with Crippen LogP contribution in [0.25, 0.3) is 0 Å². The molecule has 0 bridgehead atoms. The van der Waals surface area contributed by atoms with Gasteiger partial charge in [-0.1, -0.05) is 29.8 Å². The second-order valence-corrected chi connectivity index (χ2v) is 6.41. The number of amides is 2. The van der Waals surface area contributed by atoms with Crippen molar-refractivity contribution in [1.82, 2.24) is 26.4 Å². The number of hydrogen-bond acceptors (Lipinski definition) is 5. The Morgan fingerprint density at radius 1 is 1.29 bits per heavy atom. The van der Waals surface area contributed by atoms with E-state index in [1.807, 2.05) is 24.3 Å². The molecule has 0 aliphatic carbocycles. The van der Waals surface area contributed by atoms with Crippen LogP contribution in [0, 0.1) is 0 Å². The van der Waals surface area contributed by atoms with Gasteiger partial charge in [-0.3, -0.25) is 15.8 Å². The van der Waals surface area contributed by atoms with E-state index in [0.717, 1.165) is 36.8 Å². The Morgan fingerprint density at radius 2 is 2.00 bits per heavy atom. The van der Waals surface area contributed by atoms with E-state index in [4.69, 9.17) is 16.3 Å². The second-order valence-electron chi connectivity index (χ2n) is 6.00. The first-order valence-corrected chi connectivity index (χ1v) is 8.68. The van der Waals surface area contributed by atoms with Crippen LogP contribution in [0.15, 0.2) is 24.3 Å². The Labute approximate surface area is 147 Å². The summed E-state index contributed by atoms with van der Waals surface area (Å²) >= 11 is 6.39. The van der Waals surface area contributed by atoms with Crippen molar-refractivity contribution in [2.75, 3.05) is 45.9 Å². The lowest BCUT2D eigenvalue weighted by molar-refractivity contribution is 0.0167. The van der Waals surface area contributed by atoms with Gasteiger partial charge >= 0.3 is 6.03 Å². The average molecular weight is 354 g/mol. The molecule has 1 unspecified atom stereocenters. The molecule has 0 spiro atoms. The molecule has 4 N–H and O–H groups in total. The quantitative estimate of drug-likeness (QED) is 0.620. The van der Waals surface area contributed by atoms with E-state index >= 15 is 0 Å². The number of ether oxygens (including phenoxy) is 1. The molecule has 2 fully saturated rings. The van der Waals surface area contributed by atoms with Crippen LogP contribution in [0.5, 0.6) is 0 Å². The van der Waals surface area contributed by atoms with Gasteiger partial charge in [-0.2, -0.15) is 0 Å². The Balaban J connectivity index is 1.63. The fourth-order valence-electron chi connectivity index (χ4n) is 3.06. The van der Waals surface area contributed by atoms with Crippen LogP contribution in [0.3, 0.4) is 0 Å². The molecule has 1 aromatic carbocycles. The average Bonchev–Trinajstić information content (AvgIpc) is 3.10. The molecule has 3 rings (SSSR count). The predicted molar refractivity (Wildman–Crippen MR) is 92.9 cm³/mol. The lowest BCUT2D eigenvalue weighted by Gasteiger charge is -2.35. The van der Waals surface area contributed by atoms with E-state index in [-0.39, 0.29) is 18.1 Å². The molecule has 132 valence electrons. The molecule has 0 aromatic heterocycles. The molecule has 0 radical (unpaired) electrons. The number of urea groups is 1. The lowest BCUT2D eigenvalue weighted by atomic mass is 10.0. The monoisotopic (exact) mass is 353 g/mol. The molecule has 1 atom stereocenters. The first-order chi connectivity index (χ1) is 11.7. The highest BCUT2D eigenvalue weighted by atomic mass is 35.5. The summed E-state index contributed by atoms with van der Waals surface area (Å²) < 4.78 is 5.44. The van der Waals surface area contributed by atoms with Gasteiger partial charge in [0, 0.05) is 37.7 Å². The normalized spacial score (nSPS) is 20.7. The van der Waals surface area contributed by atoms with E-state index in [9.17, 15) is 4.79 Å². The van der Waals surface area contributed by atoms with E-state index in [1.165, 1.54) is 0 Å². The van der Waals surface area contributed by atoms with Crippen LogP contribution in [0.1, 0.15) is 11.6 Å². The number of hydrogen-bond donors (Lipinski definition) is 4. The van der Waals surface area contributed by atoms with E-state index in [2.05, 4.69) is 26.4 Å². The number of rotatable bonds is 5. The van der Waals surface area contributed by atoms with Crippen LogP contribution in [-0.2, 0) is 4.74 Å². The van der Waals surface area contributed by atoms with Gasteiger partial charge in [-0.05, 0) is 11.6 Å². The van der Waals surface area contributed by atoms with Crippen LogP contribution >= 0.6 is 11.6 Å². The van der Waals surface area contributed by atoms with Crippen molar-refractivity contribution < 1.29 is 9.53 Å². The third kappa shape index (κ3) is 4.58. The summed E-state index contributed by atoms with van der Waals surface area (Å²) in [5.74, 6) is 0. The minimum atomic E-state index is -0.157. The van der Waals surface area contributed by atoms with Crippen molar-refractivity contribution in [3.05, 3.63) is 34.9 Å². The minimum absolute atomic E-state index is 0.0354. The number of morpholine rings is 1. The third-order valence-corrected chi connectivity index (χ3v) is 4.71. The number of nitrogens with zero attached hydrogens (tertiary/aromatic N) is 1. The van der Waals surface area contributed by atoms with Crippen molar-refractivity contribution >= 4 is 17.6 Å². The summed E-state index contributed by atoms with van der Waals surface area (Å²) in [6.07, 6.45) is 0. The number of carbonyl (C=O) groups is 1. The van der Waals surface area contributed by atoms with E-state index < -0.39 is 0 Å². The Morgan fingerprint density at radius 3 is 2.71 bits per heavy atom. The lowest BCUT2D eigenvalue weighted by Crippen LogP contribution is -2.48. The minimum Gasteiger partial charge on any atom is -0.379 e. The standard InChI is InChI=1S/C16H24ClN5O2/c17-14-4-2-1-3-13(14)15(22-5-7-24-8-6-22)11-18-16(23)21-12-9-19-20-10-12/h1-4,12,15,19-20H,5-11H2,(H2,18,21,23). The van der Waals surface area contributed by atoms with E-state index in [0.29, 0.717) is 19.8 Å². The largest absolute Gasteiger partial charge is 0.379 e. The highest BCUT2D eigenvalue weighted by Crippen LogP contribution is 2.27. The Kier molecular flexibility index (Phi) is 6.28. The summed E-state index contributed by atoms with van der Waals surface area (Å²) in [5, 5.41) is 6.66. The van der Waals surface area contributed by atoms with Gasteiger partial charge in [-0.25, -0.2) is 4.79 Å². The smallest absolute Gasteiger partial charge is 0.315 e. The molecular formula is C16H24ClN5O2. The molecule has 2 aliphatic rings. The number of benzene rings is 1. The third-order valence-electron chi connectivity index (χ3n) is 4.36. The molecule has 0 saturated carbocycles. The Bertz CT molecular complexity index is 547.